The molecule has 1 rings (SSSR count). The van der Waals surface area contributed by atoms with Crippen LogP contribution in [0.1, 0.15) is 27.7 Å². The summed E-state index contributed by atoms with van der Waals surface area (Å²) in [5.74, 6) is 0.640. The molecule has 1 aromatic rings. The molecule has 3 nitrogen and oxygen atoms in total. The Balaban J connectivity index is 2.17. The molecule has 0 bridgehead atoms. The summed E-state index contributed by atoms with van der Waals surface area (Å²) in [4.78, 5) is 4.04. The summed E-state index contributed by atoms with van der Waals surface area (Å²) >= 11 is 0. The zero-order valence-corrected chi connectivity index (χ0v) is 10.3. The number of nitrogens with one attached hydrogen (secondary N) is 1. The molecular formula is C12H23N3. The molecule has 1 atom stereocenters. The van der Waals surface area contributed by atoms with Gasteiger partial charge < -0.3 is 9.88 Å². The average Bonchev–Trinajstić information content (AvgIpc) is 2.54. The van der Waals surface area contributed by atoms with E-state index in [-0.39, 0.29) is 0 Å². The quantitative estimate of drug-likeness (QED) is 0.805. The standard InChI is InChI=1S/C12H23N3/c1-11(7-14-9-12(2,3)4)8-15-6-5-13-10-15/h5-6,10-11,14H,7-9H2,1-4H3. The van der Waals surface area contributed by atoms with E-state index >= 15 is 0 Å². The van der Waals surface area contributed by atoms with Crippen LogP contribution in [0.25, 0.3) is 0 Å². The first-order valence-electron chi connectivity index (χ1n) is 5.64. The molecule has 0 fully saturated rings. The lowest BCUT2D eigenvalue weighted by Gasteiger charge is -2.21. The number of imidazole rings is 1. The summed E-state index contributed by atoms with van der Waals surface area (Å²) in [7, 11) is 0. The van der Waals surface area contributed by atoms with Crippen molar-refractivity contribution in [1.29, 1.82) is 0 Å². The normalized spacial score (nSPS) is 14.1. The molecule has 0 saturated heterocycles. The third-order valence-electron chi connectivity index (χ3n) is 2.23. The molecule has 86 valence electrons. The Kier molecular flexibility index (Phi) is 4.33. The maximum absolute atomic E-state index is 4.04. The van der Waals surface area contributed by atoms with Crippen LogP contribution in [0.4, 0.5) is 0 Å². The van der Waals surface area contributed by atoms with Crippen LogP contribution in [0.15, 0.2) is 18.7 Å². The second-order valence-corrected chi connectivity index (χ2v) is 5.56. The zero-order chi connectivity index (χ0) is 11.3. The molecule has 1 N–H and O–H groups in total. The highest BCUT2D eigenvalue weighted by molar-refractivity contribution is 4.75. The maximum Gasteiger partial charge on any atom is 0.0946 e. The molecule has 1 heterocycles. The lowest BCUT2D eigenvalue weighted by Crippen LogP contribution is -2.31. The Hall–Kier alpha value is -0.830. The van der Waals surface area contributed by atoms with Crippen LogP contribution in [0.2, 0.25) is 0 Å². The van der Waals surface area contributed by atoms with Crippen molar-refractivity contribution in [2.75, 3.05) is 13.1 Å². The van der Waals surface area contributed by atoms with Crippen molar-refractivity contribution in [2.45, 2.75) is 34.2 Å². The highest BCUT2D eigenvalue weighted by Crippen LogP contribution is 2.10. The van der Waals surface area contributed by atoms with Crippen molar-refractivity contribution in [1.82, 2.24) is 14.9 Å². The number of rotatable bonds is 5. The van der Waals surface area contributed by atoms with Gasteiger partial charge in [-0.1, -0.05) is 27.7 Å². The highest BCUT2D eigenvalue weighted by Gasteiger charge is 2.10. The van der Waals surface area contributed by atoms with Gasteiger partial charge in [-0.3, -0.25) is 0 Å². The molecule has 1 unspecified atom stereocenters. The second-order valence-electron chi connectivity index (χ2n) is 5.56. The smallest absolute Gasteiger partial charge is 0.0946 e. The number of hydrogen-bond acceptors (Lipinski definition) is 2. The van der Waals surface area contributed by atoms with Gasteiger partial charge in [-0.25, -0.2) is 4.98 Å². The third-order valence-corrected chi connectivity index (χ3v) is 2.23. The van der Waals surface area contributed by atoms with E-state index in [4.69, 9.17) is 0 Å². The van der Waals surface area contributed by atoms with Crippen molar-refractivity contribution >= 4 is 0 Å². The van der Waals surface area contributed by atoms with Crippen LogP contribution in [-0.2, 0) is 6.54 Å². The van der Waals surface area contributed by atoms with Gasteiger partial charge >= 0.3 is 0 Å². The average molecular weight is 209 g/mol. The fourth-order valence-electron chi connectivity index (χ4n) is 1.51. The van der Waals surface area contributed by atoms with E-state index in [2.05, 4.69) is 42.6 Å². The van der Waals surface area contributed by atoms with Gasteiger partial charge in [0.25, 0.3) is 0 Å². The molecule has 0 saturated carbocycles. The summed E-state index contributed by atoms with van der Waals surface area (Å²) in [5, 5.41) is 3.50. The molecule has 3 heteroatoms. The summed E-state index contributed by atoms with van der Waals surface area (Å²) in [6, 6.07) is 0. The third kappa shape index (κ3) is 5.57. The van der Waals surface area contributed by atoms with Gasteiger partial charge in [0.2, 0.25) is 0 Å². The van der Waals surface area contributed by atoms with Crippen LogP contribution in [0.5, 0.6) is 0 Å². The van der Waals surface area contributed by atoms with Gasteiger partial charge in [0.05, 0.1) is 6.33 Å². The van der Waals surface area contributed by atoms with Crippen molar-refractivity contribution in [2.24, 2.45) is 11.3 Å². The molecule has 0 spiro atoms. The molecular weight excluding hydrogens is 186 g/mol. The van der Waals surface area contributed by atoms with E-state index in [1.807, 2.05) is 18.7 Å². The Bertz CT molecular complexity index is 259. The summed E-state index contributed by atoms with van der Waals surface area (Å²) in [6.45, 7) is 12.2. The SMILES string of the molecule is CC(CNCC(C)(C)C)Cn1ccnc1. The van der Waals surface area contributed by atoms with E-state index < -0.39 is 0 Å². The maximum atomic E-state index is 4.04. The summed E-state index contributed by atoms with van der Waals surface area (Å²) < 4.78 is 2.13. The van der Waals surface area contributed by atoms with Crippen LogP contribution in [-0.4, -0.2) is 22.6 Å². The summed E-state index contributed by atoms with van der Waals surface area (Å²) in [5.41, 5.74) is 0.370. The van der Waals surface area contributed by atoms with E-state index in [1.165, 1.54) is 0 Å². The molecule has 0 aromatic carbocycles. The fourth-order valence-corrected chi connectivity index (χ4v) is 1.51. The van der Waals surface area contributed by atoms with E-state index in [0.29, 0.717) is 11.3 Å². The molecule has 0 aliphatic carbocycles. The fraction of sp³-hybridized carbons (Fsp3) is 0.750. The molecule has 15 heavy (non-hydrogen) atoms. The Morgan fingerprint density at radius 2 is 2.13 bits per heavy atom. The Morgan fingerprint density at radius 1 is 1.40 bits per heavy atom. The minimum absolute atomic E-state index is 0.370. The van der Waals surface area contributed by atoms with Gasteiger partial charge in [-0.15, -0.1) is 0 Å². The van der Waals surface area contributed by atoms with Crippen LogP contribution < -0.4 is 5.32 Å². The van der Waals surface area contributed by atoms with Gasteiger partial charge in [0, 0.05) is 25.5 Å². The first-order chi connectivity index (χ1) is 6.97. The van der Waals surface area contributed by atoms with Gasteiger partial charge in [0.1, 0.15) is 0 Å². The molecule has 1 aromatic heterocycles. The molecule has 0 aliphatic rings. The van der Waals surface area contributed by atoms with Crippen molar-refractivity contribution in [3.8, 4) is 0 Å². The van der Waals surface area contributed by atoms with E-state index in [1.54, 1.807) is 0 Å². The van der Waals surface area contributed by atoms with Crippen LogP contribution in [0.3, 0.4) is 0 Å². The van der Waals surface area contributed by atoms with Crippen molar-refractivity contribution in [3.63, 3.8) is 0 Å². The number of aromatic nitrogens is 2. The lowest BCUT2D eigenvalue weighted by atomic mass is 9.97. The van der Waals surface area contributed by atoms with Crippen LogP contribution in [0, 0.1) is 11.3 Å². The molecule has 0 radical (unpaired) electrons. The molecule has 0 amide bonds. The van der Waals surface area contributed by atoms with Crippen LogP contribution >= 0.6 is 0 Å². The first-order valence-corrected chi connectivity index (χ1v) is 5.64. The van der Waals surface area contributed by atoms with E-state index in [0.717, 1.165) is 19.6 Å². The minimum Gasteiger partial charge on any atom is -0.337 e. The largest absolute Gasteiger partial charge is 0.337 e. The topological polar surface area (TPSA) is 29.9 Å². The minimum atomic E-state index is 0.370. The molecule has 0 aliphatic heterocycles. The lowest BCUT2D eigenvalue weighted by molar-refractivity contribution is 0.352. The van der Waals surface area contributed by atoms with Gasteiger partial charge in [-0.05, 0) is 17.9 Å². The highest BCUT2D eigenvalue weighted by atomic mass is 15.0. The predicted molar refractivity (Wildman–Crippen MR) is 63.7 cm³/mol. The monoisotopic (exact) mass is 209 g/mol. The first kappa shape index (κ1) is 12.2. The summed E-state index contributed by atoms with van der Waals surface area (Å²) in [6.07, 6.45) is 5.72. The van der Waals surface area contributed by atoms with Gasteiger partial charge in [-0.2, -0.15) is 0 Å². The van der Waals surface area contributed by atoms with Crippen molar-refractivity contribution in [3.05, 3.63) is 18.7 Å². The Labute approximate surface area is 92.9 Å². The van der Waals surface area contributed by atoms with Gasteiger partial charge in [0.15, 0.2) is 0 Å². The number of hydrogen-bond donors (Lipinski definition) is 1. The second kappa shape index (κ2) is 5.31. The number of nitrogens with zero attached hydrogens (tertiary/aromatic N) is 2. The van der Waals surface area contributed by atoms with E-state index in [9.17, 15) is 0 Å². The van der Waals surface area contributed by atoms with Crippen molar-refractivity contribution < 1.29 is 0 Å². The predicted octanol–water partition coefficient (Wildman–Crippen LogP) is 2.15. The Morgan fingerprint density at radius 3 is 2.67 bits per heavy atom. The zero-order valence-electron chi connectivity index (χ0n) is 10.3.